The minimum Gasteiger partial charge on any atom is -0.494 e. The Hall–Kier alpha value is -1.11. The van der Waals surface area contributed by atoms with Crippen molar-refractivity contribution in [3.05, 3.63) is 23.3 Å². The van der Waals surface area contributed by atoms with Crippen LogP contribution in [0.1, 0.15) is 25.0 Å². The van der Waals surface area contributed by atoms with Gasteiger partial charge in [-0.25, -0.2) is 8.42 Å². The number of hydrogen-bond acceptors (Lipinski definition) is 4. The SMILES string of the molecule is CCOc1cc(S(=O)(=O)N2CCN(CC)CC2)c(C)cc1C. The van der Waals surface area contributed by atoms with Crippen LogP contribution in [0.25, 0.3) is 0 Å². The molecule has 0 atom stereocenters. The molecule has 5 nitrogen and oxygen atoms in total. The predicted molar refractivity (Wildman–Crippen MR) is 88.0 cm³/mol. The first-order valence-electron chi connectivity index (χ1n) is 7.86. The van der Waals surface area contributed by atoms with E-state index < -0.39 is 10.0 Å². The van der Waals surface area contributed by atoms with Crippen LogP contribution >= 0.6 is 0 Å². The highest BCUT2D eigenvalue weighted by Gasteiger charge is 2.29. The van der Waals surface area contributed by atoms with E-state index in [1.165, 1.54) is 0 Å². The summed E-state index contributed by atoms with van der Waals surface area (Å²) in [5, 5.41) is 0. The summed E-state index contributed by atoms with van der Waals surface area (Å²) in [6.45, 7) is 12.0. The third-order valence-electron chi connectivity index (χ3n) is 4.17. The van der Waals surface area contributed by atoms with Crippen molar-refractivity contribution in [1.82, 2.24) is 9.21 Å². The van der Waals surface area contributed by atoms with Crippen molar-refractivity contribution in [1.29, 1.82) is 0 Å². The van der Waals surface area contributed by atoms with Gasteiger partial charge in [0.25, 0.3) is 0 Å². The first-order valence-corrected chi connectivity index (χ1v) is 9.30. The Kier molecular flexibility index (Phi) is 5.47. The average Bonchev–Trinajstić information content (AvgIpc) is 2.50. The molecular weight excluding hydrogens is 300 g/mol. The van der Waals surface area contributed by atoms with Crippen LogP contribution in [0, 0.1) is 13.8 Å². The van der Waals surface area contributed by atoms with Crippen LogP contribution < -0.4 is 4.74 Å². The molecule has 1 heterocycles. The summed E-state index contributed by atoms with van der Waals surface area (Å²) in [4.78, 5) is 2.63. The molecule has 1 saturated heterocycles. The van der Waals surface area contributed by atoms with Crippen LogP contribution in [0.3, 0.4) is 0 Å². The highest BCUT2D eigenvalue weighted by molar-refractivity contribution is 7.89. The summed E-state index contributed by atoms with van der Waals surface area (Å²) < 4.78 is 33.0. The molecule has 1 aromatic carbocycles. The fourth-order valence-electron chi connectivity index (χ4n) is 2.83. The van der Waals surface area contributed by atoms with Crippen molar-refractivity contribution >= 4 is 10.0 Å². The maximum absolute atomic E-state index is 12.9. The van der Waals surface area contributed by atoms with E-state index in [9.17, 15) is 8.42 Å². The second kappa shape index (κ2) is 6.98. The predicted octanol–water partition coefficient (Wildman–Crippen LogP) is 2.03. The Morgan fingerprint density at radius 2 is 1.68 bits per heavy atom. The first-order chi connectivity index (χ1) is 10.4. The lowest BCUT2D eigenvalue weighted by Crippen LogP contribution is -2.48. The van der Waals surface area contributed by atoms with E-state index >= 15 is 0 Å². The summed E-state index contributed by atoms with van der Waals surface area (Å²) >= 11 is 0. The van der Waals surface area contributed by atoms with Crippen LogP contribution in [-0.4, -0.2) is 57.0 Å². The van der Waals surface area contributed by atoms with Crippen LogP contribution in [-0.2, 0) is 10.0 Å². The molecule has 0 radical (unpaired) electrons. The Labute approximate surface area is 133 Å². The fraction of sp³-hybridized carbons (Fsp3) is 0.625. The number of sulfonamides is 1. The number of rotatable bonds is 5. The molecule has 1 fully saturated rings. The molecule has 22 heavy (non-hydrogen) atoms. The zero-order valence-electron chi connectivity index (χ0n) is 13.9. The molecule has 0 amide bonds. The van der Waals surface area contributed by atoms with Gasteiger partial charge in [0.15, 0.2) is 0 Å². The van der Waals surface area contributed by atoms with Gasteiger partial charge in [0.1, 0.15) is 5.75 Å². The van der Waals surface area contributed by atoms with Crippen LogP contribution in [0.5, 0.6) is 5.75 Å². The molecular formula is C16H26N2O3S. The van der Waals surface area contributed by atoms with E-state index in [1.807, 2.05) is 26.8 Å². The zero-order chi connectivity index (χ0) is 16.3. The lowest BCUT2D eigenvalue weighted by Gasteiger charge is -2.33. The van der Waals surface area contributed by atoms with Crippen molar-refractivity contribution in [3.8, 4) is 5.75 Å². The van der Waals surface area contributed by atoms with Gasteiger partial charge in [-0.1, -0.05) is 13.0 Å². The number of likely N-dealkylation sites (N-methyl/N-ethyl adjacent to an activating group) is 1. The molecule has 124 valence electrons. The van der Waals surface area contributed by atoms with Gasteiger partial charge in [0, 0.05) is 32.2 Å². The van der Waals surface area contributed by atoms with Crippen LogP contribution in [0.4, 0.5) is 0 Å². The molecule has 0 aromatic heterocycles. The second-order valence-corrected chi connectivity index (χ2v) is 7.56. The zero-order valence-corrected chi connectivity index (χ0v) is 14.7. The fourth-order valence-corrected chi connectivity index (χ4v) is 4.47. The van der Waals surface area contributed by atoms with Crippen LogP contribution in [0.2, 0.25) is 0 Å². The first kappa shape index (κ1) is 17.2. The van der Waals surface area contributed by atoms with Gasteiger partial charge in [-0.15, -0.1) is 0 Å². The third kappa shape index (κ3) is 3.45. The number of benzene rings is 1. The van der Waals surface area contributed by atoms with E-state index in [4.69, 9.17) is 4.74 Å². The van der Waals surface area contributed by atoms with Crippen LogP contribution in [0.15, 0.2) is 17.0 Å². The average molecular weight is 326 g/mol. The quantitative estimate of drug-likeness (QED) is 0.831. The van der Waals surface area contributed by atoms with Gasteiger partial charge in [-0.3, -0.25) is 0 Å². The summed E-state index contributed by atoms with van der Waals surface area (Å²) in [6.07, 6.45) is 0. The van der Waals surface area contributed by atoms with E-state index in [-0.39, 0.29) is 0 Å². The monoisotopic (exact) mass is 326 g/mol. The minimum atomic E-state index is -3.46. The van der Waals surface area contributed by atoms with Crippen molar-refractivity contribution in [3.63, 3.8) is 0 Å². The third-order valence-corrected chi connectivity index (χ3v) is 6.21. The maximum atomic E-state index is 12.9. The number of nitrogens with zero attached hydrogens (tertiary/aromatic N) is 2. The highest BCUT2D eigenvalue weighted by atomic mass is 32.2. The standard InChI is InChI=1S/C16H26N2O3S/c1-5-17-7-9-18(10-8-17)22(19,20)16-12-15(21-6-2)13(3)11-14(16)4/h11-12H,5-10H2,1-4H3. The van der Waals surface area contributed by atoms with Gasteiger partial charge in [-0.2, -0.15) is 4.31 Å². The maximum Gasteiger partial charge on any atom is 0.243 e. The van der Waals surface area contributed by atoms with E-state index in [2.05, 4.69) is 11.8 Å². The van der Waals surface area contributed by atoms with Crippen molar-refractivity contribution in [2.75, 3.05) is 39.3 Å². The van der Waals surface area contributed by atoms with Crippen molar-refractivity contribution in [2.24, 2.45) is 0 Å². The van der Waals surface area contributed by atoms with Crippen molar-refractivity contribution < 1.29 is 13.2 Å². The molecule has 2 rings (SSSR count). The molecule has 0 saturated carbocycles. The Morgan fingerprint density at radius 3 is 2.23 bits per heavy atom. The molecule has 0 bridgehead atoms. The highest BCUT2D eigenvalue weighted by Crippen LogP contribution is 2.28. The molecule has 1 aliphatic rings. The number of ether oxygens (including phenoxy) is 1. The van der Waals surface area contributed by atoms with Gasteiger partial charge in [0.2, 0.25) is 10.0 Å². The summed E-state index contributed by atoms with van der Waals surface area (Å²) in [5.41, 5.74) is 1.74. The van der Waals surface area contributed by atoms with E-state index in [0.29, 0.717) is 30.3 Å². The molecule has 0 unspecified atom stereocenters. The molecule has 0 N–H and O–H groups in total. The number of hydrogen-bond donors (Lipinski definition) is 0. The van der Waals surface area contributed by atoms with Gasteiger partial charge < -0.3 is 9.64 Å². The summed E-state index contributed by atoms with van der Waals surface area (Å²) in [5.74, 6) is 0.652. The number of piperazine rings is 1. The summed E-state index contributed by atoms with van der Waals surface area (Å²) in [7, 11) is -3.46. The minimum absolute atomic E-state index is 0.367. The van der Waals surface area contributed by atoms with E-state index in [1.54, 1.807) is 10.4 Å². The van der Waals surface area contributed by atoms with Crippen molar-refractivity contribution in [2.45, 2.75) is 32.6 Å². The van der Waals surface area contributed by atoms with E-state index in [0.717, 1.165) is 30.8 Å². The number of aryl methyl sites for hydroxylation is 2. The van der Waals surface area contributed by atoms with Gasteiger partial charge in [-0.05, 0) is 38.4 Å². The molecule has 6 heteroatoms. The Morgan fingerprint density at radius 1 is 1.05 bits per heavy atom. The second-order valence-electron chi connectivity index (χ2n) is 5.65. The molecule has 0 aliphatic carbocycles. The Bertz CT molecular complexity index is 621. The Balaban J connectivity index is 2.31. The normalized spacial score (nSPS) is 17.6. The lowest BCUT2D eigenvalue weighted by molar-refractivity contribution is 0.196. The topological polar surface area (TPSA) is 49.9 Å². The molecule has 0 spiro atoms. The molecule has 1 aliphatic heterocycles. The van der Waals surface area contributed by atoms with Gasteiger partial charge >= 0.3 is 0 Å². The lowest BCUT2D eigenvalue weighted by atomic mass is 10.1. The smallest absolute Gasteiger partial charge is 0.243 e. The van der Waals surface area contributed by atoms with Gasteiger partial charge in [0.05, 0.1) is 11.5 Å². The largest absolute Gasteiger partial charge is 0.494 e. The molecule has 1 aromatic rings. The summed E-state index contributed by atoms with van der Waals surface area (Å²) in [6, 6.07) is 3.57.